The molecule has 0 aliphatic rings. The second-order valence-corrected chi connectivity index (χ2v) is 8.62. The number of hydrogen-bond donors (Lipinski definition) is 1. The monoisotopic (exact) mass is 558 g/mol. The Morgan fingerprint density at radius 3 is 2.15 bits per heavy atom. The minimum absolute atomic E-state index is 0.0751. The van der Waals surface area contributed by atoms with Crippen LogP contribution < -0.4 is 0 Å². The number of nitrogens with zero attached hydrogens (tertiary/aromatic N) is 4. The standard InChI is InChI=1S/C19H7Cl3F6N4OS/c20-10-3-8(1-2-14(10)33)7-30-17-16(34-19(26,27)28)13(6-29)31-32(17)15-11(21)4-9(5-12(15)22)18(23,24)25/h1-5,7,33H. The van der Waals surface area contributed by atoms with Gasteiger partial charge in [-0.15, -0.1) is 0 Å². The van der Waals surface area contributed by atoms with Gasteiger partial charge in [0, 0.05) is 6.21 Å². The highest BCUT2D eigenvalue weighted by molar-refractivity contribution is 8.00. The fourth-order valence-electron chi connectivity index (χ4n) is 2.62. The smallest absolute Gasteiger partial charge is 0.446 e. The summed E-state index contributed by atoms with van der Waals surface area (Å²) in [6, 6.07) is 6.31. The van der Waals surface area contributed by atoms with Crippen molar-refractivity contribution in [2.75, 3.05) is 0 Å². The summed E-state index contributed by atoms with van der Waals surface area (Å²) in [5, 5.41) is 21.3. The molecule has 34 heavy (non-hydrogen) atoms. The number of aromatic nitrogens is 2. The summed E-state index contributed by atoms with van der Waals surface area (Å²) in [6.45, 7) is 0. The topological polar surface area (TPSA) is 74.2 Å². The van der Waals surface area contributed by atoms with Crippen molar-refractivity contribution in [1.29, 1.82) is 5.26 Å². The molecule has 0 aliphatic heterocycles. The second-order valence-electron chi connectivity index (χ2n) is 6.33. The number of phenols is 1. The Hall–Kier alpha value is -2.59. The van der Waals surface area contributed by atoms with Gasteiger partial charge in [0.25, 0.3) is 0 Å². The third-order valence-corrected chi connectivity index (χ3v) is 5.70. The zero-order valence-electron chi connectivity index (χ0n) is 16.0. The van der Waals surface area contributed by atoms with E-state index in [2.05, 4.69) is 10.1 Å². The number of halogens is 9. The molecule has 0 atom stereocenters. The predicted molar refractivity (Wildman–Crippen MR) is 116 cm³/mol. The summed E-state index contributed by atoms with van der Waals surface area (Å²) in [5.74, 6) is -0.834. The average Bonchev–Trinajstić information content (AvgIpc) is 3.03. The van der Waals surface area contributed by atoms with Gasteiger partial charge in [-0.2, -0.15) is 36.7 Å². The fraction of sp³-hybridized carbons (Fsp3) is 0.105. The van der Waals surface area contributed by atoms with E-state index in [1.807, 2.05) is 0 Å². The Kier molecular flexibility index (Phi) is 7.33. The van der Waals surface area contributed by atoms with Crippen molar-refractivity contribution in [3.8, 4) is 17.5 Å². The lowest BCUT2D eigenvalue weighted by atomic mass is 10.2. The van der Waals surface area contributed by atoms with E-state index < -0.39 is 61.1 Å². The molecule has 15 heteroatoms. The first-order chi connectivity index (χ1) is 15.7. The van der Waals surface area contributed by atoms with E-state index in [9.17, 15) is 36.7 Å². The van der Waals surface area contributed by atoms with Crippen LogP contribution in [0.15, 0.2) is 40.2 Å². The van der Waals surface area contributed by atoms with E-state index >= 15 is 0 Å². The first-order valence-electron chi connectivity index (χ1n) is 8.59. The average molecular weight is 560 g/mol. The van der Waals surface area contributed by atoms with Gasteiger partial charge in [0.05, 0.1) is 25.5 Å². The predicted octanol–water partition coefficient (Wildman–Crippen LogP) is 7.79. The minimum atomic E-state index is -4.86. The van der Waals surface area contributed by atoms with Crippen molar-refractivity contribution in [2.24, 2.45) is 4.99 Å². The van der Waals surface area contributed by atoms with Crippen LogP contribution in [0.5, 0.6) is 5.75 Å². The van der Waals surface area contributed by atoms with Gasteiger partial charge in [0.15, 0.2) is 11.5 Å². The van der Waals surface area contributed by atoms with Crippen LogP contribution in [-0.2, 0) is 6.18 Å². The molecule has 1 aromatic heterocycles. The number of nitriles is 1. The molecule has 3 rings (SSSR count). The van der Waals surface area contributed by atoms with Gasteiger partial charge in [-0.1, -0.05) is 34.8 Å². The lowest BCUT2D eigenvalue weighted by Crippen LogP contribution is -2.07. The SMILES string of the molecule is N#Cc1nn(-c2c(Cl)cc(C(F)(F)F)cc2Cl)c(N=Cc2ccc(O)c(Cl)c2)c1SC(F)(F)F. The van der Waals surface area contributed by atoms with Crippen LogP contribution in [0.1, 0.15) is 16.8 Å². The molecule has 0 saturated heterocycles. The van der Waals surface area contributed by atoms with Crippen LogP contribution in [0.3, 0.4) is 0 Å². The number of hydrogen-bond acceptors (Lipinski definition) is 5. The molecule has 0 radical (unpaired) electrons. The third-order valence-electron chi connectivity index (χ3n) is 4.01. The highest BCUT2D eigenvalue weighted by atomic mass is 35.5. The van der Waals surface area contributed by atoms with Crippen LogP contribution in [0.4, 0.5) is 32.2 Å². The number of aromatic hydroxyl groups is 1. The Bertz CT molecular complexity index is 1310. The summed E-state index contributed by atoms with van der Waals surface area (Å²) >= 11 is 17.1. The largest absolute Gasteiger partial charge is 0.506 e. The van der Waals surface area contributed by atoms with Crippen molar-refractivity contribution in [2.45, 2.75) is 16.6 Å². The summed E-state index contributed by atoms with van der Waals surface area (Å²) in [7, 11) is 0. The summed E-state index contributed by atoms with van der Waals surface area (Å²) < 4.78 is 79.5. The summed E-state index contributed by atoms with van der Waals surface area (Å²) in [5.41, 5.74) is -6.96. The maximum Gasteiger partial charge on any atom is 0.446 e. The number of alkyl halides is 6. The number of rotatable bonds is 4. The Labute approximate surface area is 206 Å². The van der Waals surface area contributed by atoms with E-state index in [1.54, 1.807) is 0 Å². The van der Waals surface area contributed by atoms with E-state index in [0.717, 1.165) is 6.21 Å². The summed E-state index contributed by atoms with van der Waals surface area (Å²) in [4.78, 5) is 3.22. The number of benzene rings is 2. The first-order valence-corrected chi connectivity index (χ1v) is 10.5. The normalized spacial score (nSPS) is 12.4. The number of aliphatic imine (C=N–C) groups is 1. The maximum atomic E-state index is 13.2. The van der Waals surface area contributed by atoms with Crippen molar-refractivity contribution < 1.29 is 31.4 Å². The van der Waals surface area contributed by atoms with Crippen molar-refractivity contribution in [1.82, 2.24) is 9.78 Å². The molecule has 0 aliphatic carbocycles. The van der Waals surface area contributed by atoms with Gasteiger partial charge in [-0.05, 0) is 47.7 Å². The molecule has 0 fully saturated rings. The van der Waals surface area contributed by atoms with Crippen molar-refractivity contribution in [3.05, 3.63) is 62.2 Å². The summed E-state index contributed by atoms with van der Waals surface area (Å²) in [6.07, 6.45) is -3.75. The van der Waals surface area contributed by atoms with Crippen LogP contribution in [0.2, 0.25) is 15.1 Å². The molecule has 0 amide bonds. The highest BCUT2D eigenvalue weighted by Crippen LogP contribution is 2.46. The van der Waals surface area contributed by atoms with Gasteiger partial charge < -0.3 is 5.11 Å². The molecule has 0 saturated carbocycles. The fourth-order valence-corrected chi connectivity index (χ4v) is 4.10. The molecule has 1 N–H and O–H groups in total. The van der Waals surface area contributed by atoms with Gasteiger partial charge in [-0.25, -0.2) is 9.67 Å². The number of thioether (sulfide) groups is 1. The molecule has 0 unspecified atom stereocenters. The van der Waals surface area contributed by atoms with E-state index in [0.29, 0.717) is 16.8 Å². The zero-order chi connectivity index (χ0) is 25.4. The molecule has 2 aromatic carbocycles. The van der Waals surface area contributed by atoms with Crippen LogP contribution in [0.25, 0.3) is 5.69 Å². The third kappa shape index (κ3) is 5.72. The van der Waals surface area contributed by atoms with Crippen molar-refractivity contribution in [3.63, 3.8) is 0 Å². The van der Waals surface area contributed by atoms with Gasteiger partial charge >= 0.3 is 11.7 Å². The highest BCUT2D eigenvalue weighted by Gasteiger charge is 2.36. The molecule has 5 nitrogen and oxygen atoms in total. The van der Waals surface area contributed by atoms with Crippen LogP contribution in [0, 0.1) is 11.3 Å². The number of phenolic OH excluding ortho intramolecular Hbond substituents is 1. The van der Waals surface area contributed by atoms with Crippen molar-refractivity contribution >= 4 is 58.6 Å². The molecule has 1 heterocycles. The minimum Gasteiger partial charge on any atom is -0.506 e. The molecule has 3 aromatic rings. The van der Waals surface area contributed by atoms with Gasteiger partial charge in [-0.3, -0.25) is 0 Å². The molecule has 0 spiro atoms. The zero-order valence-corrected chi connectivity index (χ0v) is 19.1. The molecular formula is C19H7Cl3F6N4OS. The second kappa shape index (κ2) is 9.58. The van der Waals surface area contributed by atoms with Crippen LogP contribution >= 0.6 is 46.6 Å². The Morgan fingerprint density at radius 1 is 1.03 bits per heavy atom. The van der Waals surface area contributed by atoms with E-state index in [4.69, 9.17) is 34.8 Å². The van der Waals surface area contributed by atoms with E-state index in [1.165, 1.54) is 24.3 Å². The van der Waals surface area contributed by atoms with E-state index in [-0.39, 0.29) is 16.3 Å². The van der Waals surface area contributed by atoms with Gasteiger partial charge in [0.1, 0.15) is 17.5 Å². The quantitative estimate of drug-likeness (QED) is 0.201. The lowest BCUT2D eigenvalue weighted by molar-refractivity contribution is -0.137. The molecule has 178 valence electrons. The molecular weight excluding hydrogens is 553 g/mol. The molecule has 0 bridgehead atoms. The Balaban J connectivity index is 2.27. The van der Waals surface area contributed by atoms with Gasteiger partial charge in [0.2, 0.25) is 0 Å². The maximum absolute atomic E-state index is 13.2. The first kappa shape index (κ1) is 26.0. The van der Waals surface area contributed by atoms with Crippen LogP contribution in [-0.4, -0.2) is 26.6 Å². The Morgan fingerprint density at radius 2 is 1.65 bits per heavy atom. The lowest BCUT2D eigenvalue weighted by Gasteiger charge is -2.13.